The van der Waals surface area contributed by atoms with E-state index in [0.29, 0.717) is 0 Å². The van der Waals surface area contributed by atoms with Crippen molar-refractivity contribution in [2.75, 3.05) is 0 Å². The summed E-state index contributed by atoms with van der Waals surface area (Å²) < 4.78 is 2.64. The van der Waals surface area contributed by atoms with Crippen LogP contribution in [0.4, 0.5) is 0 Å². The normalized spacial score (nSPS) is 11.0. The number of hydrogen-bond acceptors (Lipinski definition) is 2. The molecule has 13 heavy (non-hydrogen) atoms. The van der Waals surface area contributed by atoms with Crippen LogP contribution in [0.1, 0.15) is 5.56 Å². The molecule has 2 rings (SSSR count). The lowest BCUT2D eigenvalue weighted by Crippen LogP contribution is -1.78. The molecule has 1 heterocycles. The molecular formula is C9H6BrIS2. The molecule has 0 atom stereocenters. The molecule has 68 valence electrons. The highest BCUT2D eigenvalue weighted by molar-refractivity contribution is 14.1. The van der Waals surface area contributed by atoms with Gasteiger partial charge in [-0.25, -0.2) is 0 Å². The number of alkyl halides is 1. The smallest absolute Gasteiger partial charge is 0.0666 e. The molecule has 4 heteroatoms. The zero-order chi connectivity index (χ0) is 9.42. The van der Waals surface area contributed by atoms with Gasteiger partial charge in [-0.2, -0.15) is 0 Å². The minimum Gasteiger partial charge on any atom is -0.143 e. The molecule has 0 spiro atoms. The largest absolute Gasteiger partial charge is 0.143 e. The highest BCUT2D eigenvalue weighted by Gasteiger charge is 2.03. The Morgan fingerprint density at radius 3 is 2.85 bits per heavy atom. The summed E-state index contributed by atoms with van der Waals surface area (Å²) in [6.45, 7) is 0. The van der Waals surface area contributed by atoms with Crippen molar-refractivity contribution in [3.8, 4) is 0 Å². The second-order valence-electron chi connectivity index (χ2n) is 2.70. The average molecular weight is 385 g/mol. The number of fused-ring (bicyclic) bond motifs is 1. The lowest BCUT2D eigenvalue weighted by atomic mass is 10.2. The molecule has 0 aliphatic heterocycles. The van der Waals surface area contributed by atoms with Crippen LogP contribution < -0.4 is 0 Å². The first-order chi connectivity index (χ1) is 6.20. The van der Waals surface area contributed by atoms with Crippen molar-refractivity contribution in [2.24, 2.45) is 0 Å². The Labute approximate surface area is 108 Å². The van der Waals surface area contributed by atoms with Crippen molar-refractivity contribution in [2.45, 2.75) is 10.2 Å². The summed E-state index contributed by atoms with van der Waals surface area (Å²) in [5, 5.41) is 2.19. The lowest BCUT2D eigenvalue weighted by Gasteiger charge is -2.00. The van der Waals surface area contributed by atoms with Crippen LogP contribution in [-0.4, -0.2) is 0 Å². The highest BCUT2D eigenvalue weighted by Crippen LogP contribution is 2.31. The Bertz CT molecular complexity index is 450. The molecule has 0 aliphatic carbocycles. The van der Waals surface area contributed by atoms with Gasteiger partial charge in [0, 0.05) is 14.9 Å². The van der Waals surface area contributed by atoms with Crippen molar-refractivity contribution < 1.29 is 0 Å². The van der Waals surface area contributed by atoms with E-state index in [9.17, 15) is 0 Å². The average Bonchev–Trinajstić information content (AvgIpc) is 2.42. The van der Waals surface area contributed by atoms with Crippen molar-refractivity contribution in [3.63, 3.8) is 0 Å². The Morgan fingerprint density at radius 1 is 1.38 bits per heavy atom. The fraction of sp³-hybridized carbons (Fsp3) is 0.111. The minimum absolute atomic E-state index is 0.869. The van der Waals surface area contributed by atoms with Crippen LogP contribution in [-0.2, 0) is 5.33 Å². The van der Waals surface area contributed by atoms with E-state index in [1.807, 2.05) is 11.3 Å². The van der Waals surface area contributed by atoms with E-state index in [0.717, 1.165) is 10.2 Å². The van der Waals surface area contributed by atoms with Gasteiger partial charge in [-0.3, -0.25) is 0 Å². The topological polar surface area (TPSA) is 0 Å². The highest BCUT2D eigenvalue weighted by atomic mass is 127. The van der Waals surface area contributed by atoms with Gasteiger partial charge in [-0.05, 0) is 51.7 Å². The monoisotopic (exact) mass is 384 g/mol. The van der Waals surface area contributed by atoms with Crippen molar-refractivity contribution in [1.82, 2.24) is 0 Å². The zero-order valence-corrected chi connectivity index (χ0v) is 12.0. The van der Waals surface area contributed by atoms with E-state index in [1.165, 1.54) is 18.5 Å². The Balaban J connectivity index is 2.72. The van der Waals surface area contributed by atoms with Gasteiger partial charge in [-0.1, -0.05) is 15.9 Å². The van der Waals surface area contributed by atoms with Crippen molar-refractivity contribution in [3.05, 3.63) is 26.6 Å². The van der Waals surface area contributed by atoms with E-state index in [2.05, 4.69) is 69.3 Å². The van der Waals surface area contributed by atoms with E-state index in [4.69, 9.17) is 0 Å². The Morgan fingerprint density at radius 2 is 2.15 bits per heavy atom. The van der Waals surface area contributed by atoms with Crippen LogP contribution in [0.2, 0.25) is 0 Å². The van der Waals surface area contributed by atoms with E-state index < -0.39 is 0 Å². The summed E-state index contributed by atoms with van der Waals surface area (Å²) in [4.78, 5) is 1.07. The summed E-state index contributed by atoms with van der Waals surface area (Å²) in [6, 6.07) is 6.55. The summed E-state index contributed by atoms with van der Waals surface area (Å²) in [6.07, 6.45) is 0. The summed E-state index contributed by atoms with van der Waals surface area (Å²) in [5.74, 6) is 0. The molecular weight excluding hydrogens is 379 g/mol. The number of benzene rings is 1. The first-order valence-corrected chi connectivity index (χ1v) is 7.14. The van der Waals surface area contributed by atoms with E-state index in [-0.39, 0.29) is 0 Å². The number of thiol groups is 1. The second-order valence-corrected chi connectivity index (χ2v) is 6.72. The molecule has 0 unspecified atom stereocenters. The third-order valence-corrected chi connectivity index (χ3v) is 4.71. The van der Waals surface area contributed by atoms with Crippen LogP contribution in [0, 0.1) is 2.88 Å². The minimum atomic E-state index is 0.869. The fourth-order valence-electron chi connectivity index (χ4n) is 1.20. The van der Waals surface area contributed by atoms with Crippen LogP contribution in [0.3, 0.4) is 0 Å². The summed E-state index contributed by atoms with van der Waals surface area (Å²) >= 11 is 12.0. The maximum atomic E-state index is 4.44. The zero-order valence-electron chi connectivity index (χ0n) is 6.55. The maximum absolute atomic E-state index is 4.44. The number of halogens is 2. The van der Waals surface area contributed by atoms with Gasteiger partial charge in [0.1, 0.15) is 0 Å². The molecule has 0 fully saturated rings. The van der Waals surface area contributed by atoms with Crippen LogP contribution in [0.15, 0.2) is 23.1 Å². The van der Waals surface area contributed by atoms with Gasteiger partial charge in [0.2, 0.25) is 0 Å². The predicted octanol–water partition coefficient (Wildman–Crippen LogP) is 4.69. The van der Waals surface area contributed by atoms with Gasteiger partial charge >= 0.3 is 0 Å². The third-order valence-electron chi connectivity index (χ3n) is 1.83. The maximum Gasteiger partial charge on any atom is 0.0666 e. The molecule has 0 nitrogen and oxygen atoms in total. The van der Waals surface area contributed by atoms with Crippen molar-refractivity contribution >= 4 is 72.6 Å². The molecule has 0 saturated carbocycles. The summed E-state index contributed by atoms with van der Waals surface area (Å²) in [5.41, 5.74) is 1.25. The molecule has 2 aromatic rings. The standard InChI is InChI=1S/C9H6BrIS2/c10-4-6-1-5-2-9(11)13-8(5)3-7(6)12/h1-3,12H,4H2. The molecule has 1 aromatic heterocycles. The van der Waals surface area contributed by atoms with Gasteiger partial charge in [0.15, 0.2) is 0 Å². The first-order valence-electron chi connectivity index (χ1n) is 3.67. The quantitative estimate of drug-likeness (QED) is 0.411. The summed E-state index contributed by atoms with van der Waals surface area (Å²) in [7, 11) is 0. The number of hydrogen-bond donors (Lipinski definition) is 1. The van der Waals surface area contributed by atoms with E-state index >= 15 is 0 Å². The van der Waals surface area contributed by atoms with E-state index in [1.54, 1.807) is 0 Å². The van der Waals surface area contributed by atoms with Gasteiger partial charge < -0.3 is 0 Å². The van der Waals surface area contributed by atoms with Gasteiger partial charge in [-0.15, -0.1) is 24.0 Å². The van der Waals surface area contributed by atoms with Crippen LogP contribution in [0.25, 0.3) is 10.1 Å². The number of rotatable bonds is 1. The first kappa shape index (κ1) is 10.3. The SMILES string of the molecule is Sc1cc2sc(I)cc2cc1CBr. The van der Waals surface area contributed by atoms with Crippen LogP contribution in [0.5, 0.6) is 0 Å². The van der Waals surface area contributed by atoms with Crippen LogP contribution >= 0.6 is 62.5 Å². The molecule has 0 amide bonds. The van der Waals surface area contributed by atoms with Gasteiger partial charge in [0.25, 0.3) is 0 Å². The fourth-order valence-corrected chi connectivity index (χ4v) is 4.09. The third kappa shape index (κ3) is 2.06. The predicted molar refractivity (Wildman–Crippen MR) is 74.4 cm³/mol. The number of thiophene rings is 1. The molecule has 0 bridgehead atoms. The Kier molecular flexibility index (Phi) is 3.22. The molecule has 0 N–H and O–H groups in total. The van der Waals surface area contributed by atoms with Gasteiger partial charge in [0.05, 0.1) is 2.88 Å². The molecule has 0 saturated heterocycles. The molecule has 0 aliphatic rings. The molecule has 0 radical (unpaired) electrons. The van der Waals surface area contributed by atoms with Crippen molar-refractivity contribution in [1.29, 1.82) is 0 Å². The lowest BCUT2D eigenvalue weighted by molar-refractivity contribution is 1.32. The Hall–Kier alpha value is 0.740. The molecule has 1 aromatic carbocycles. The second kappa shape index (κ2) is 4.08.